The van der Waals surface area contributed by atoms with Crippen molar-refractivity contribution < 1.29 is 152 Å². The number of benzene rings is 1. The van der Waals surface area contributed by atoms with Gasteiger partial charge in [-0.2, -0.15) is 0 Å². The minimum Gasteiger partial charge on any atom is -0.382 e. The van der Waals surface area contributed by atoms with Crippen molar-refractivity contribution in [2.75, 3.05) is 168 Å². The number of methoxy groups -OCH3 is 18. The van der Waals surface area contributed by atoms with Crippen molar-refractivity contribution >= 4 is 0 Å². The molecule has 1 N–H and O–H groups in total. The van der Waals surface area contributed by atoms with E-state index in [-0.39, 0.29) is 52.9 Å². The Morgan fingerprint density at radius 3 is 0.936 bits per heavy atom. The normalized spacial score (nSPS) is 43.6. The van der Waals surface area contributed by atoms with Crippen LogP contribution in [0.4, 0.5) is 0 Å². The van der Waals surface area contributed by atoms with Crippen LogP contribution in [-0.4, -0.2) is 357 Å². The van der Waals surface area contributed by atoms with Crippen LogP contribution in [0.3, 0.4) is 0 Å². The summed E-state index contributed by atoms with van der Waals surface area (Å²) in [5.41, 5.74) is 1.51. The van der Waals surface area contributed by atoms with Gasteiger partial charge in [0.25, 0.3) is 0 Å². The molecule has 30 atom stereocenters. The van der Waals surface area contributed by atoms with Gasteiger partial charge in [0, 0.05) is 128 Å². The van der Waals surface area contributed by atoms with E-state index in [9.17, 15) is 5.11 Å². The molecule has 32 nitrogen and oxygen atoms in total. The molecule has 19 aliphatic rings. The summed E-state index contributed by atoms with van der Waals surface area (Å²) in [5.74, 6) is -2.38. The first-order valence-electron chi connectivity index (χ1n) is 31.2. The third kappa shape index (κ3) is 16.9. The summed E-state index contributed by atoms with van der Waals surface area (Å²) in [6, 6.07) is 7.58. The number of rotatable bonds is 24. The van der Waals surface area contributed by atoms with Gasteiger partial charge in [0.2, 0.25) is 5.79 Å². The summed E-state index contributed by atoms with van der Waals surface area (Å²) in [6.07, 6.45) is -30.1. The molecule has 6 fully saturated rings. The summed E-state index contributed by atoms with van der Waals surface area (Å²) in [6.45, 7) is -0.236. The Morgan fingerprint density at radius 2 is 0.617 bits per heavy atom. The Bertz CT molecular complexity index is 2300. The number of hydrogen-bond acceptors (Lipinski definition) is 32. The number of ether oxygens (including phenoxy) is 31. The van der Waals surface area contributed by atoms with Crippen LogP contribution in [0.15, 0.2) is 24.3 Å². The third-order valence-electron chi connectivity index (χ3n) is 18.2. The molecule has 0 radical (unpaired) electrons. The fourth-order valence-electron chi connectivity index (χ4n) is 13.9. The van der Waals surface area contributed by atoms with Crippen LogP contribution >= 0.6 is 0 Å². The first-order chi connectivity index (χ1) is 45.7. The first kappa shape index (κ1) is 77.7. The molecule has 0 amide bonds. The Balaban J connectivity index is 1.20. The van der Waals surface area contributed by atoms with Crippen molar-refractivity contribution in [1.82, 2.24) is 0 Å². The number of hydrogen-bond donors (Lipinski definition) is 1. The molecule has 20 rings (SSSR count). The molecule has 0 unspecified atom stereocenters. The lowest BCUT2D eigenvalue weighted by Gasteiger charge is -2.53. The highest BCUT2D eigenvalue weighted by atomic mass is 16.8. The largest absolute Gasteiger partial charge is 0.382 e. The Hall–Kier alpha value is -2.06. The standard InChI is InChI=1S/C62H104O32/c1-64-25-33-39-44(70-7)49(75-12)57(84-33)90-40-34(26-65-2)85-58(50(76-13)45(40)71-8)91-41-35(27-66-3)86-59(51(77-14)46(41)72-9)92-42-36(28-67-4)87-60(52(78-15)47(42)73-10)93-43-37(29-68-5)88-61(53(79-16)48(43)74-11)94-62(63)38(30-69-6)89-56(54(80-17)55(62)81-18)83-24-32-21-19-20-31(22-32)23-82-39/h19-22,33-61,63H,23-30H2,1-18H3/t33-,34-,35-,36-,37-,38-,39-,40-,41-,42-,43-,44+,45+,46+,47+,48+,49-,50-,51-,52-,53-,54-,55-,56+,57-,58-,59-,60-,61-,62+/m1/s1. The Kier molecular flexibility index (Phi) is 31.0. The molecule has 0 aliphatic carbocycles. The van der Waals surface area contributed by atoms with Crippen LogP contribution in [-0.2, 0) is 160 Å². The topological polar surface area (TPSA) is 306 Å². The molecule has 94 heavy (non-hydrogen) atoms. The second kappa shape index (κ2) is 37.6. The lowest BCUT2D eigenvalue weighted by atomic mass is 9.93. The van der Waals surface area contributed by atoms with Gasteiger partial charge in [0.05, 0.1) is 52.9 Å². The van der Waals surface area contributed by atoms with Gasteiger partial charge >= 0.3 is 0 Å². The summed E-state index contributed by atoms with van der Waals surface area (Å²) in [7, 11) is 26.9. The van der Waals surface area contributed by atoms with E-state index in [0.29, 0.717) is 0 Å². The maximum absolute atomic E-state index is 13.0. The van der Waals surface area contributed by atoms with Gasteiger partial charge in [0.15, 0.2) is 37.7 Å². The van der Waals surface area contributed by atoms with Gasteiger partial charge in [-0.1, -0.05) is 24.3 Å². The second-order valence-corrected chi connectivity index (χ2v) is 23.5. The molecule has 0 aromatic heterocycles. The van der Waals surface area contributed by atoms with Crippen molar-refractivity contribution in [2.24, 2.45) is 0 Å². The first-order valence-corrected chi connectivity index (χ1v) is 31.2. The van der Waals surface area contributed by atoms with E-state index in [4.69, 9.17) is 147 Å². The van der Waals surface area contributed by atoms with Crippen molar-refractivity contribution in [1.29, 1.82) is 0 Å². The average Bonchev–Trinajstić information content (AvgIpc) is 0.759. The van der Waals surface area contributed by atoms with Crippen LogP contribution in [0.1, 0.15) is 11.1 Å². The van der Waals surface area contributed by atoms with E-state index in [1.807, 2.05) is 24.3 Å². The molecular weight excluding hydrogens is 1260 g/mol. The Morgan fingerprint density at radius 1 is 0.319 bits per heavy atom. The average molecular weight is 1360 g/mol. The van der Waals surface area contributed by atoms with E-state index in [0.717, 1.165) is 11.1 Å². The van der Waals surface area contributed by atoms with Gasteiger partial charge in [-0.25, -0.2) is 0 Å². The van der Waals surface area contributed by atoms with Crippen LogP contribution < -0.4 is 0 Å². The molecule has 1 aromatic rings. The molecule has 19 heterocycles. The van der Waals surface area contributed by atoms with E-state index >= 15 is 0 Å². The molecule has 544 valence electrons. The van der Waals surface area contributed by atoms with Gasteiger partial charge in [-0.3, -0.25) is 0 Å². The minimum atomic E-state index is -2.38. The Labute approximate surface area is 550 Å². The SMILES string of the molecule is COC[C@H]1O[C@@H]2O[C@H]3[C@H](OC)[C@@H](OC)[C@@H](O[C@H]4[C@H](OC)[C@@H](OC)[C@@H](O[C@H]5[C@H](OC)[C@@H](OC)[C@@H](O[C@H]6[C@H](OC)[C@@H](OC)[C@H](O[C@@H]6COC)O[C@]6(O)[C@H](OC)[C@@H](OC)[C@@H](OCc7cccc(c7)CO[C@H]1[C@H](OC)[C@H]2OC)O[C@@H]6COC)O[C@@H]5COC)O[C@@H]4COC)O[C@@H]3COC. The zero-order valence-corrected chi connectivity index (χ0v) is 57.3. The van der Waals surface area contributed by atoms with E-state index in [1.54, 1.807) is 14.2 Å². The van der Waals surface area contributed by atoms with E-state index in [2.05, 4.69) is 0 Å². The van der Waals surface area contributed by atoms with Crippen LogP contribution in [0.5, 0.6) is 0 Å². The fraction of sp³-hybridized carbons (Fsp3) is 0.903. The maximum atomic E-state index is 13.0. The van der Waals surface area contributed by atoms with Crippen molar-refractivity contribution in [3.8, 4) is 0 Å². The summed E-state index contributed by atoms with van der Waals surface area (Å²) >= 11 is 0. The quantitative estimate of drug-likeness (QED) is 0.140. The summed E-state index contributed by atoms with van der Waals surface area (Å²) < 4.78 is 197. The second-order valence-electron chi connectivity index (χ2n) is 23.5. The number of aliphatic hydroxyl groups is 1. The van der Waals surface area contributed by atoms with E-state index < -0.39 is 184 Å². The predicted molar refractivity (Wildman–Crippen MR) is 318 cm³/mol. The molecule has 0 saturated carbocycles. The van der Waals surface area contributed by atoms with Crippen LogP contribution in [0.25, 0.3) is 0 Å². The zero-order valence-electron chi connectivity index (χ0n) is 57.3. The molecular formula is C62H104O32. The van der Waals surface area contributed by atoms with E-state index in [1.165, 1.54) is 114 Å². The molecule has 6 saturated heterocycles. The molecule has 0 spiro atoms. The molecule has 32 heteroatoms. The van der Waals surface area contributed by atoms with Crippen LogP contribution in [0, 0.1) is 0 Å². The maximum Gasteiger partial charge on any atom is 0.227 e. The lowest BCUT2D eigenvalue weighted by Crippen LogP contribution is -2.72. The van der Waals surface area contributed by atoms with Crippen molar-refractivity contribution in [3.63, 3.8) is 0 Å². The van der Waals surface area contributed by atoms with Gasteiger partial charge in [-0.15, -0.1) is 0 Å². The monoisotopic (exact) mass is 1360 g/mol. The third-order valence-corrected chi connectivity index (χ3v) is 18.2. The zero-order chi connectivity index (χ0) is 67.8. The molecule has 1 aromatic carbocycles. The van der Waals surface area contributed by atoms with Crippen molar-refractivity contribution in [2.45, 2.75) is 197 Å². The highest BCUT2D eigenvalue weighted by molar-refractivity contribution is 5.22. The lowest BCUT2D eigenvalue weighted by molar-refractivity contribution is -0.450. The van der Waals surface area contributed by atoms with Gasteiger partial charge in [0.1, 0.15) is 140 Å². The fourth-order valence-corrected chi connectivity index (χ4v) is 13.9. The van der Waals surface area contributed by atoms with Crippen LogP contribution in [0.2, 0.25) is 0 Å². The molecule has 19 aliphatic heterocycles. The molecule has 14 bridgehead atoms. The highest BCUT2D eigenvalue weighted by Gasteiger charge is 2.63. The van der Waals surface area contributed by atoms with Gasteiger partial charge in [-0.05, 0) is 11.1 Å². The summed E-state index contributed by atoms with van der Waals surface area (Å²) in [5, 5.41) is 13.0. The highest BCUT2D eigenvalue weighted by Crippen LogP contribution is 2.43. The minimum absolute atomic E-state index is 0.00483. The van der Waals surface area contributed by atoms with Crippen molar-refractivity contribution in [3.05, 3.63) is 35.4 Å². The predicted octanol–water partition coefficient (Wildman–Crippen LogP) is -0.244. The smallest absolute Gasteiger partial charge is 0.227 e. The summed E-state index contributed by atoms with van der Waals surface area (Å²) in [4.78, 5) is 0. The van der Waals surface area contributed by atoms with Gasteiger partial charge < -0.3 is 152 Å².